The highest BCUT2D eigenvalue weighted by Crippen LogP contribution is 2.26. The second-order valence-electron chi connectivity index (χ2n) is 7.17. The number of carbonyl (C=O) groups excluding carboxylic acids is 2. The Hall–Kier alpha value is -2.11. The van der Waals surface area contributed by atoms with Crippen LogP contribution in [0.5, 0.6) is 0 Å². The first-order valence-corrected chi connectivity index (χ1v) is 9.37. The molecule has 1 aliphatic carbocycles. The van der Waals surface area contributed by atoms with Gasteiger partial charge in [-0.1, -0.05) is 25.3 Å². The highest BCUT2D eigenvalue weighted by Gasteiger charge is 2.29. The standard InChI is InChI=1S/C19H27N3O3/c23-17(14-22-11-5-4-8-18(22)24)20-16-9-12-21(13-10-16)19(25)15-6-2-1-3-7-15/h4-5,8,11,15-16H,1-3,6-7,9-10,12-14H2,(H,20,23). The molecule has 2 heterocycles. The van der Waals surface area contributed by atoms with Crippen LogP contribution in [0.1, 0.15) is 44.9 Å². The Morgan fingerprint density at radius 3 is 2.44 bits per heavy atom. The van der Waals surface area contributed by atoms with Gasteiger partial charge in [-0.05, 0) is 31.7 Å². The zero-order valence-electron chi connectivity index (χ0n) is 14.7. The molecule has 1 aromatic rings. The Morgan fingerprint density at radius 1 is 1.04 bits per heavy atom. The molecule has 6 heteroatoms. The molecule has 1 saturated carbocycles. The first-order chi connectivity index (χ1) is 12.1. The SMILES string of the molecule is O=C(Cn1ccccc1=O)NC1CCN(C(=O)C2CCCCC2)CC1. The molecule has 136 valence electrons. The predicted molar refractivity (Wildman–Crippen MR) is 95.0 cm³/mol. The number of amides is 2. The third-order valence-corrected chi connectivity index (χ3v) is 5.34. The monoisotopic (exact) mass is 345 g/mol. The van der Waals surface area contributed by atoms with Gasteiger partial charge in [0.15, 0.2) is 0 Å². The molecule has 0 spiro atoms. The van der Waals surface area contributed by atoms with Crippen molar-refractivity contribution in [3.63, 3.8) is 0 Å². The summed E-state index contributed by atoms with van der Waals surface area (Å²) in [6.45, 7) is 1.47. The molecule has 1 N–H and O–H groups in total. The van der Waals surface area contributed by atoms with E-state index in [-0.39, 0.29) is 30.0 Å². The molecule has 1 saturated heterocycles. The lowest BCUT2D eigenvalue weighted by molar-refractivity contribution is -0.137. The first kappa shape index (κ1) is 17.7. The van der Waals surface area contributed by atoms with Crippen molar-refractivity contribution >= 4 is 11.8 Å². The zero-order valence-corrected chi connectivity index (χ0v) is 14.7. The van der Waals surface area contributed by atoms with Gasteiger partial charge in [-0.3, -0.25) is 14.4 Å². The average molecular weight is 345 g/mol. The van der Waals surface area contributed by atoms with E-state index in [0.717, 1.165) is 25.7 Å². The van der Waals surface area contributed by atoms with Crippen molar-refractivity contribution < 1.29 is 9.59 Å². The zero-order chi connectivity index (χ0) is 17.6. The van der Waals surface area contributed by atoms with E-state index in [9.17, 15) is 14.4 Å². The number of hydrogen-bond acceptors (Lipinski definition) is 3. The van der Waals surface area contributed by atoms with E-state index >= 15 is 0 Å². The average Bonchev–Trinajstić information content (AvgIpc) is 2.64. The number of rotatable bonds is 4. The third kappa shape index (κ3) is 4.71. The van der Waals surface area contributed by atoms with Crippen LogP contribution >= 0.6 is 0 Å². The highest BCUT2D eigenvalue weighted by atomic mass is 16.2. The topological polar surface area (TPSA) is 71.4 Å². The summed E-state index contributed by atoms with van der Waals surface area (Å²) in [5.41, 5.74) is -0.175. The number of pyridine rings is 1. The van der Waals surface area contributed by atoms with Gasteiger partial charge < -0.3 is 14.8 Å². The van der Waals surface area contributed by atoms with Crippen LogP contribution < -0.4 is 10.9 Å². The van der Waals surface area contributed by atoms with Crippen LogP contribution in [0.4, 0.5) is 0 Å². The molecule has 0 atom stereocenters. The third-order valence-electron chi connectivity index (χ3n) is 5.34. The second-order valence-corrected chi connectivity index (χ2v) is 7.17. The Bertz CT molecular complexity index is 656. The lowest BCUT2D eigenvalue weighted by atomic mass is 9.87. The van der Waals surface area contributed by atoms with E-state index in [2.05, 4.69) is 5.32 Å². The van der Waals surface area contributed by atoms with Crippen molar-refractivity contribution in [3.8, 4) is 0 Å². The quantitative estimate of drug-likeness (QED) is 0.900. The normalized spacial score (nSPS) is 19.6. The van der Waals surface area contributed by atoms with E-state index in [0.29, 0.717) is 19.0 Å². The summed E-state index contributed by atoms with van der Waals surface area (Å²) in [6.07, 6.45) is 8.84. The van der Waals surface area contributed by atoms with E-state index in [1.165, 1.54) is 29.9 Å². The predicted octanol–water partition coefficient (Wildman–Crippen LogP) is 1.54. The molecule has 25 heavy (non-hydrogen) atoms. The minimum Gasteiger partial charge on any atom is -0.352 e. The first-order valence-electron chi connectivity index (χ1n) is 9.37. The van der Waals surface area contributed by atoms with Crippen molar-refractivity contribution in [1.29, 1.82) is 0 Å². The van der Waals surface area contributed by atoms with Gasteiger partial charge in [0.25, 0.3) is 5.56 Å². The van der Waals surface area contributed by atoms with E-state index < -0.39 is 0 Å². The lowest BCUT2D eigenvalue weighted by Crippen LogP contribution is -2.49. The van der Waals surface area contributed by atoms with Crippen LogP contribution in [0, 0.1) is 5.92 Å². The van der Waals surface area contributed by atoms with Crippen LogP contribution in [-0.2, 0) is 16.1 Å². The maximum Gasteiger partial charge on any atom is 0.250 e. The van der Waals surface area contributed by atoms with Crippen molar-refractivity contribution in [2.24, 2.45) is 5.92 Å². The Labute approximate surface area is 148 Å². The van der Waals surface area contributed by atoms with Crippen molar-refractivity contribution in [2.45, 2.75) is 57.5 Å². The Balaban J connectivity index is 1.44. The number of nitrogens with zero attached hydrogens (tertiary/aromatic N) is 2. The summed E-state index contributed by atoms with van der Waals surface area (Å²) in [6, 6.07) is 4.94. The molecular formula is C19H27N3O3. The summed E-state index contributed by atoms with van der Waals surface area (Å²) < 4.78 is 1.40. The number of aromatic nitrogens is 1. The fraction of sp³-hybridized carbons (Fsp3) is 0.632. The molecule has 1 aromatic heterocycles. The lowest BCUT2D eigenvalue weighted by Gasteiger charge is -2.35. The Morgan fingerprint density at radius 2 is 1.76 bits per heavy atom. The summed E-state index contributed by atoms with van der Waals surface area (Å²) in [5, 5.41) is 3.00. The van der Waals surface area contributed by atoms with Gasteiger partial charge in [0.1, 0.15) is 6.54 Å². The van der Waals surface area contributed by atoms with E-state index in [1.54, 1.807) is 18.3 Å². The van der Waals surface area contributed by atoms with Gasteiger partial charge >= 0.3 is 0 Å². The highest BCUT2D eigenvalue weighted by molar-refractivity contribution is 5.79. The Kier molecular flexibility index (Phi) is 5.89. The summed E-state index contributed by atoms with van der Waals surface area (Å²) in [5.74, 6) is 0.371. The molecule has 2 aliphatic rings. The molecule has 0 unspecified atom stereocenters. The summed E-state index contributed by atoms with van der Waals surface area (Å²) in [4.78, 5) is 38.3. The number of piperidine rings is 1. The molecule has 0 aromatic carbocycles. The smallest absolute Gasteiger partial charge is 0.250 e. The minimum atomic E-state index is -0.175. The van der Waals surface area contributed by atoms with Gasteiger partial charge in [-0.25, -0.2) is 0 Å². The van der Waals surface area contributed by atoms with Crippen LogP contribution in [0.2, 0.25) is 0 Å². The van der Waals surface area contributed by atoms with Crippen LogP contribution in [0.15, 0.2) is 29.2 Å². The summed E-state index contributed by atoms with van der Waals surface area (Å²) >= 11 is 0. The molecule has 2 fully saturated rings. The molecular weight excluding hydrogens is 318 g/mol. The molecule has 6 nitrogen and oxygen atoms in total. The number of nitrogens with one attached hydrogen (secondary N) is 1. The maximum atomic E-state index is 12.6. The summed E-state index contributed by atoms with van der Waals surface area (Å²) in [7, 11) is 0. The van der Waals surface area contributed by atoms with Crippen molar-refractivity contribution in [3.05, 3.63) is 34.7 Å². The van der Waals surface area contributed by atoms with Gasteiger partial charge in [0, 0.05) is 37.3 Å². The number of hydrogen-bond donors (Lipinski definition) is 1. The largest absolute Gasteiger partial charge is 0.352 e. The fourth-order valence-electron chi connectivity index (χ4n) is 3.87. The molecule has 0 bridgehead atoms. The van der Waals surface area contributed by atoms with Crippen LogP contribution in [0.3, 0.4) is 0 Å². The van der Waals surface area contributed by atoms with E-state index in [4.69, 9.17) is 0 Å². The van der Waals surface area contributed by atoms with Crippen molar-refractivity contribution in [1.82, 2.24) is 14.8 Å². The molecule has 0 radical (unpaired) electrons. The van der Waals surface area contributed by atoms with Crippen LogP contribution in [0.25, 0.3) is 0 Å². The van der Waals surface area contributed by atoms with Gasteiger partial charge in [0.2, 0.25) is 11.8 Å². The van der Waals surface area contributed by atoms with Gasteiger partial charge in [0.05, 0.1) is 0 Å². The van der Waals surface area contributed by atoms with Crippen LogP contribution in [-0.4, -0.2) is 40.4 Å². The van der Waals surface area contributed by atoms with Gasteiger partial charge in [-0.2, -0.15) is 0 Å². The van der Waals surface area contributed by atoms with Gasteiger partial charge in [-0.15, -0.1) is 0 Å². The van der Waals surface area contributed by atoms with E-state index in [1.807, 2.05) is 4.90 Å². The maximum absolute atomic E-state index is 12.6. The number of likely N-dealkylation sites (tertiary alicyclic amines) is 1. The molecule has 1 aliphatic heterocycles. The molecule has 3 rings (SSSR count). The second kappa shape index (κ2) is 8.32. The minimum absolute atomic E-state index is 0.0426. The molecule has 2 amide bonds. The van der Waals surface area contributed by atoms with Crippen molar-refractivity contribution in [2.75, 3.05) is 13.1 Å². The number of carbonyl (C=O) groups is 2. The fourth-order valence-corrected chi connectivity index (χ4v) is 3.87.